The van der Waals surface area contributed by atoms with Crippen LogP contribution in [0.4, 0.5) is 0 Å². The molecule has 1 amide bonds. The Morgan fingerprint density at radius 1 is 1.02 bits per heavy atom. The number of amides is 1. The van der Waals surface area contributed by atoms with Gasteiger partial charge in [-0.25, -0.2) is 13.2 Å². The number of aromatic nitrogens is 2. The summed E-state index contributed by atoms with van der Waals surface area (Å²) in [5.41, 5.74) is 4.62. The molecule has 1 aliphatic heterocycles. The number of ether oxygens (including phenoxy) is 2. The summed E-state index contributed by atoms with van der Waals surface area (Å²) < 4.78 is 41.7. The average Bonchev–Trinajstić information content (AvgIpc) is 3.76. The zero-order chi connectivity index (χ0) is 37.7. The number of allylic oxidation sites excluding steroid dienone is 5. The first-order chi connectivity index (χ1) is 24.9. The van der Waals surface area contributed by atoms with Gasteiger partial charge < -0.3 is 19.6 Å². The summed E-state index contributed by atoms with van der Waals surface area (Å²) in [6.45, 7) is 10.6. The van der Waals surface area contributed by atoms with E-state index in [-0.39, 0.29) is 28.7 Å². The van der Waals surface area contributed by atoms with Crippen LogP contribution in [0.1, 0.15) is 89.9 Å². The van der Waals surface area contributed by atoms with Crippen LogP contribution in [-0.2, 0) is 19.4 Å². The number of esters is 1. The third-order valence-electron chi connectivity index (χ3n) is 8.63. The van der Waals surface area contributed by atoms with E-state index >= 15 is 0 Å². The number of rotatable bonds is 18. The van der Waals surface area contributed by atoms with Crippen LogP contribution in [0.15, 0.2) is 109 Å². The van der Waals surface area contributed by atoms with E-state index in [9.17, 15) is 23.2 Å². The molecular weight excluding hydrogens is 703 g/mol. The normalized spacial score (nSPS) is 15.7. The van der Waals surface area contributed by atoms with E-state index in [0.717, 1.165) is 36.3 Å². The van der Waals surface area contributed by atoms with Gasteiger partial charge in [-0.3, -0.25) is 9.42 Å². The number of hydrogen-bond acceptors (Lipinski definition) is 10. The van der Waals surface area contributed by atoms with E-state index in [0.29, 0.717) is 24.9 Å². The molecule has 2 atom stereocenters. The molecule has 0 bridgehead atoms. The predicted molar refractivity (Wildman–Crippen MR) is 200 cm³/mol. The minimum absolute atomic E-state index is 0.114. The Morgan fingerprint density at radius 2 is 1.69 bits per heavy atom. The summed E-state index contributed by atoms with van der Waals surface area (Å²) in [5.74, 6) is -0.486. The highest BCUT2D eigenvalue weighted by atomic mass is 32.2. The van der Waals surface area contributed by atoms with E-state index in [2.05, 4.69) is 55.7 Å². The first kappa shape index (κ1) is 40.4. The Hall–Kier alpha value is -4.36. The van der Waals surface area contributed by atoms with Crippen LogP contribution in [0, 0.1) is 5.21 Å². The first-order valence-electron chi connectivity index (χ1n) is 17.6. The second-order valence-electron chi connectivity index (χ2n) is 13.2. The number of thioether (sulfide) groups is 1. The lowest BCUT2D eigenvalue weighted by Gasteiger charge is -2.25. The maximum Gasteiger partial charge on any atom is 0.414 e. The van der Waals surface area contributed by atoms with Gasteiger partial charge in [0.05, 0.1) is 22.2 Å². The Morgan fingerprint density at radius 3 is 2.42 bits per heavy atom. The van der Waals surface area contributed by atoms with E-state index in [1.54, 1.807) is 35.7 Å². The molecular formula is C39H49N3O8S2. The van der Waals surface area contributed by atoms with Crippen LogP contribution < -0.4 is 9.64 Å². The van der Waals surface area contributed by atoms with Gasteiger partial charge in [0.25, 0.3) is 15.7 Å². The Labute approximate surface area is 311 Å². The fourth-order valence-corrected chi connectivity index (χ4v) is 8.02. The molecule has 0 saturated carbocycles. The molecule has 0 spiro atoms. The van der Waals surface area contributed by atoms with E-state index in [4.69, 9.17) is 9.47 Å². The number of sulfone groups is 1. The molecule has 1 saturated heterocycles. The summed E-state index contributed by atoms with van der Waals surface area (Å²) in [7, 11) is -4.26. The van der Waals surface area contributed by atoms with Crippen molar-refractivity contribution in [2.75, 3.05) is 18.9 Å². The molecule has 1 unspecified atom stereocenters. The second kappa shape index (κ2) is 19.5. The van der Waals surface area contributed by atoms with E-state index in [1.807, 2.05) is 18.2 Å². The van der Waals surface area contributed by atoms with Gasteiger partial charge in [-0.05, 0) is 102 Å². The minimum atomic E-state index is -4.26. The molecule has 0 N–H and O–H groups in total. The smallest absolute Gasteiger partial charge is 0.414 e. The molecule has 13 heteroatoms. The predicted octanol–water partition coefficient (Wildman–Crippen LogP) is 7.66. The van der Waals surface area contributed by atoms with Gasteiger partial charge in [-0.15, -0.1) is 11.8 Å². The Kier molecular flexibility index (Phi) is 15.1. The van der Waals surface area contributed by atoms with Gasteiger partial charge in [0, 0.05) is 23.6 Å². The van der Waals surface area contributed by atoms with Gasteiger partial charge in [0.15, 0.2) is 0 Å². The van der Waals surface area contributed by atoms with E-state index in [1.165, 1.54) is 41.0 Å². The van der Waals surface area contributed by atoms with Crippen molar-refractivity contribution in [2.45, 2.75) is 107 Å². The summed E-state index contributed by atoms with van der Waals surface area (Å²) in [6.07, 6.45) is 11.6. The monoisotopic (exact) mass is 751 g/mol. The van der Waals surface area contributed by atoms with Crippen molar-refractivity contribution in [2.24, 2.45) is 0 Å². The number of nitrogens with zero attached hydrogens (tertiary/aromatic N) is 3. The summed E-state index contributed by atoms with van der Waals surface area (Å²) in [5, 5.41) is 14.8. The number of carbonyl (C=O) groups is 2. The maximum absolute atomic E-state index is 13.8. The molecule has 1 aromatic heterocycles. The van der Waals surface area contributed by atoms with Crippen LogP contribution in [-0.4, -0.2) is 61.4 Å². The Bertz CT molecular complexity index is 1860. The highest BCUT2D eigenvalue weighted by Crippen LogP contribution is 2.29. The van der Waals surface area contributed by atoms with Gasteiger partial charge in [-0.1, -0.05) is 65.3 Å². The van der Waals surface area contributed by atoms with Crippen LogP contribution >= 0.6 is 11.8 Å². The van der Waals surface area contributed by atoms with Crippen molar-refractivity contribution in [1.82, 2.24) is 10.1 Å². The van der Waals surface area contributed by atoms with Crippen LogP contribution in [0.25, 0.3) is 0 Å². The molecule has 0 radical (unpaired) electrons. The number of carbonyl (C=O) groups excluding carboxylic acids is 2. The highest BCUT2D eigenvalue weighted by molar-refractivity contribution is 7.99. The lowest BCUT2D eigenvalue weighted by Crippen LogP contribution is -2.42. The first-order valence-corrected chi connectivity index (χ1v) is 20.1. The van der Waals surface area contributed by atoms with Gasteiger partial charge in [-0.2, -0.15) is 0 Å². The van der Waals surface area contributed by atoms with Gasteiger partial charge in [0.2, 0.25) is 0 Å². The average molecular weight is 752 g/mol. The zero-order valence-corrected chi connectivity index (χ0v) is 32.2. The number of benzene rings is 2. The molecule has 0 aliphatic carbocycles. The van der Waals surface area contributed by atoms with Crippen molar-refractivity contribution in [3.05, 3.63) is 100 Å². The fourth-order valence-electron chi connectivity index (χ4n) is 5.69. The second-order valence-corrected chi connectivity index (χ2v) is 16.1. The largest absolute Gasteiger partial charge is 0.461 e. The lowest BCUT2D eigenvalue weighted by molar-refractivity contribution is -0.832. The molecule has 11 nitrogen and oxygen atoms in total. The Balaban J connectivity index is 1.28. The molecule has 280 valence electrons. The molecule has 2 aromatic carbocycles. The summed E-state index contributed by atoms with van der Waals surface area (Å²) >= 11 is 1.60. The SMILES string of the molecule is CC(C)=CCC/C(C)=C/CC/C(C)=C/CSc1ccccc1C(=O)N1CCC[C@H]1C(=O)OC(C)CCOc1no[n+]([O-])c1S(=O)(=O)c1ccccc1. The third-order valence-corrected chi connectivity index (χ3v) is 11.4. The molecule has 3 aromatic rings. The van der Waals surface area contributed by atoms with Crippen molar-refractivity contribution >= 4 is 33.5 Å². The standard InChI is InChI=1S/C39H49N3O8S2/c1-28(2)14-11-15-29(3)16-12-17-30(4)24-27-51-35-22-10-9-20-33(35)37(43)41-25-13-21-34(41)39(44)49-31(5)23-26-48-36-38(42(45)50-40-36)52(46,47)32-18-7-6-8-19-32/h6-10,14,16,18-20,22,24,31,34H,11-13,15,17,21,23,25-27H2,1-5H3/b29-16+,30-24+/t31?,34-/m0/s1. The zero-order valence-electron chi connectivity index (χ0n) is 30.6. The summed E-state index contributed by atoms with van der Waals surface area (Å²) in [6, 6.07) is 14.1. The number of hydrogen-bond donors (Lipinski definition) is 0. The molecule has 2 heterocycles. The fraction of sp³-hybridized carbons (Fsp3) is 0.436. The van der Waals surface area contributed by atoms with E-state index < -0.39 is 38.9 Å². The highest BCUT2D eigenvalue weighted by Gasteiger charge is 2.38. The quantitative estimate of drug-likeness (QED) is 0.0550. The van der Waals surface area contributed by atoms with Crippen molar-refractivity contribution in [3.63, 3.8) is 0 Å². The molecule has 1 aliphatic rings. The molecule has 4 rings (SSSR count). The number of likely N-dealkylation sites (tertiary alicyclic amines) is 1. The van der Waals surface area contributed by atoms with Crippen LogP contribution in [0.2, 0.25) is 0 Å². The lowest BCUT2D eigenvalue weighted by atomic mass is 10.1. The summed E-state index contributed by atoms with van der Waals surface area (Å²) in [4.78, 5) is 29.2. The van der Waals surface area contributed by atoms with Gasteiger partial charge in [0.1, 0.15) is 12.1 Å². The van der Waals surface area contributed by atoms with Crippen molar-refractivity contribution < 1.29 is 37.0 Å². The molecule has 52 heavy (non-hydrogen) atoms. The third kappa shape index (κ3) is 11.3. The van der Waals surface area contributed by atoms with Crippen molar-refractivity contribution in [1.29, 1.82) is 0 Å². The molecule has 1 fully saturated rings. The topological polar surface area (TPSA) is 143 Å². The van der Waals surface area contributed by atoms with Crippen molar-refractivity contribution in [3.8, 4) is 5.88 Å². The van der Waals surface area contributed by atoms with Crippen LogP contribution in [0.5, 0.6) is 5.88 Å². The maximum atomic E-state index is 13.8. The minimum Gasteiger partial charge on any atom is -0.461 e. The van der Waals surface area contributed by atoms with Gasteiger partial charge >= 0.3 is 16.9 Å². The van der Waals surface area contributed by atoms with Crippen LogP contribution in [0.3, 0.4) is 0 Å².